The maximum Gasteiger partial charge on any atom is 0.220 e. The van der Waals surface area contributed by atoms with Crippen LogP contribution in [-0.4, -0.2) is 26.2 Å². The largest absolute Gasteiger partial charge is 0.497 e. The zero-order chi connectivity index (χ0) is 12.7. The minimum absolute atomic E-state index is 0.194. The molecule has 5 nitrogen and oxygen atoms in total. The Hall–Kier alpha value is -1.75. The first kappa shape index (κ1) is 13.3. The van der Waals surface area contributed by atoms with Gasteiger partial charge in [-0.3, -0.25) is 4.79 Å². The Kier molecular flexibility index (Phi) is 5.29. The van der Waals surface area contributed by atoms with Crippen molar-refractivity contribution < 1.29 is 14.3 Å². The second-order valence-electron chi connectivity index (χ2n) is 3.58. The molecule has 0 atom stereocenters. The molecule has 0 unspecified atom stereocenters. The zero-order valence-corrected chi connectivity index (χ0v) is 9.94. The summed E-state index contributed by atoms with van der Waals surface area (Å²) in [6, 6.07) is 5.54. The summed E-state index contributed by atoms with van der Waals surface area (Å²) in [5, 5.41) is 0. The fourth-order valence-electron chi connectivity index (χ4n) is 1.42. The van der Waals surface area contributed by atoms with Gasteiger partial charge >= 0.3 is 0 Å². The molecule has 0 radical (unpaired) electrons. The van der Waals surface area contributed by atoms with Gasteiger partial charge in [0.25, 0.3) is 0 Å². The molecule has 1 amide bonds. The van der Waals surface area contributed by atoms with E-state index in [-0.39, 0.29) is 18.9 Å². The van der Waals surface area contributed by atoms with E-state index < -0.39 is 0 Å². The molecule has 0 aliphatic rings. The van der Waals surface area contributed by atoms with E-state index in [0.29, 0.717) is 18.0 Å². The van der Waals surface area contributed by atoms with Crippen LogP contribution in [0.3, 0.4) is 0 Å². The Balaban J connectivity index is 2.73. The molecular weight excluding hydrogens is 220 g/mol. The third-order valence-electron chi connectivity index (χ3n) is 2.29. The predicted molar refractivity (Wildman–Crippen MR) is 65.1 cm³/mol. The Morgan fingerprint density at radius 2 is 2.18 bits per heavy atom. The monoisotopic (exact) mass is 238 g/mol. The van der Waals surface area contributed by atoms with E-state index in [4.69, 9.17) is 20.9 Å². The summed E-state index contributed by atoms with van der Waals surface area (Å²) in [5.74, 6) is 1.02. The highest BCUT2D eigenvalue weighted by molar-refractivity contribution is 5.73. The van der Waals surface area contributed by atoms with Crippen molar-refractivity contribution in [1.29, 1.82) is 0 Å². The number of carbonyl (C=O) groups excluding carboxylic acids is 1. The summed E-state index contributed by atoms with van der Waals surface area (Å²) in [4.78, 5) is 10.6. The molecule has 0 saturated heterocycles. The fourth-order valence-corrected chi connectivity index (χ4v) is 1.42. The third-order valence-corrected chi connectivity index (χ3v) is 2.29. The number of benzene rings is 1. The number of primary amides is 1. The van der Waals surface area contributed by atoms with Crippen molar-refractivity contribution in [3.8, 4) is 11.5 Å². The van der Waals surface area contributed by atoms with Gasteiger partial charge in [-0.1, -0.05) is 6.07 Å². The van der Waals surface area contributed by atoms with Crippen molar-refractivity contribution in [3.05, 3.63) is 23.8 Å². The summed E-state index contributed by atoms with van der Waals surface area (Å²) >= 11 is 0. The molecule has 0 aliphatic heterocycles. The molecule has 0 heterocycles. The van der Waals surface area contributed by atoms with Crippen LogP contribution in [0.5, 0.6) is 11.5 Å². The standard InChI is InChI=1S/C12H18N2O3/c1-16-10-3-2-9(4-6-13)11(8-10)17-7-5-12(14)15/h2-3,8H,4-7,13H2,1H3,(H2,14,15). The fraction of sp³-hybridized carbons (Fsp3) is 0.417. The van der Waals surface area contributed by atoms with Gasteiger partial charge in [-0.25, -0.2) is 0 Å². The van der Waals surface area contributed by atoms with Gasteiger partial charge in [0.2, 0.25) is 5.91 Å². The number of rotatable bonds is 7. The maximum absolute atomic E-state index is 10.6. The zero-order valence-electron chi connectivity index (χ0n) is 9.94. The van der Waals surface area contributed by atoms with Crippen molar-refractivity contribution in [2.75, 3.05) is 20.3 Å². The third kappa shape index (κ3) is 4.32. The number of carbonyl (C=O) groups is 1. The van der Waals surface area contributed by atoms with E-state index in [1.165, 1.54) is 0 Å². The van der Waals surface area contributed by atoms with Crippen molar-refractivity contribution in [1.82, 2.24) is 0 Å². The first-order chi connectivity index (χ1) is 8.17. The Morgan fingerprint density at radius 1 is 1.41 bits per heavy atom. The average Bonchev–Trinajstić information content (AvgIpc) is 2.31. The van der Waals surface area contributed by atoms with Crippen LogP contribution in [0.15, 0.2) is 18.2 Å². The van der Waals surface area contributed by atoms with Gasteiger partial charge in [0.05, 0.1) is 20.1 Å². The van der Waals surface area contributed by atoms with E-state index in [0.717, 1.165) is 12.0 Å². The van der Waals surface area contributed by atoms with E-state index in [2.05, 4.69) is 0 Å². The van der Waals surface area contributed by atoms with Gasteiger partial charge in [0, 0.05) is 6.07 Å². The lowest BCUT2D eigenvalue weighted by Gasteiger charge is -2.12. The number of hydrogen-bond donors (Lipinski definition) is 2. The van der Waals surface area contributed by atoms with Gasteiger partial charge < -0.3 is 20.9 Å². The second-order valence-corrected chi connectivity index (χ2v) is 3.58. The Morgan fingerprint density at radius 3 is 2.76 bits per heavy atom. The summed E-state index contributed by atoms with van der Waals surface area (Å²) in [6.07, 6.45) is 0.912. The normalized spacial score (nSPS) is 10.0. The molecule has 0 aromatic heterocycles. The number of nitrogens with two attached hydrogens (primary N) is 2. The predicted octanol–water partition coefficient (Wildman–Crippen LogP) is 0.451. The van der Waals surface area contributed by atoms with E-state index in [9.17, 15) is 4.79 Å². The molecule has 0 saturated carbocycles. The minimum Gasteiger partial charge on any atom is -0.497 e. The van der Waals surface area contributed by atoms with Crippen LogP contribution in [0.2, 0.25) is 0 Å². The van der Waals surface area contributed by atoms with E-state index in [1.807, 2.05) is 12.1 Å². The molecule has 1 rings (SSSR count). The van der Waals surface area contributed by atoms with Crippen LogP contribution in [0.1, 0.15) is 12.0 Å². The quantitative estimate of drug-likeness (QED) is 0.722. The first-order valence-electron chi connectivity index (χ1n) is 5.45. The maximum atomic E-state index is 10.6. The van der Waals surface area contributed by atoms with Crippen LogP contribution >= 0.6 is 0 Å². The van der Waals surface area contributed by atoms with Crippen LogP contribution in [0, 0.1) is 0 Å². The van der Waals surface area contributed by atoms with Gasteiger partial charge in [0.1, 0.15) is 11.5 Å². The average molecular weight is 238 g/mol. The van der Waals surface area contributed by atoms with Crippen molar-refractivity contribution in [3.63, 3.8) is 0 Å². The lowest BCUT2D eigenvalue weighted by atomic mass is 10.1. The van der Waals surface area contributed by atoms with Crippen LogP contribution < -0.4 is 20.9 Å². The van der Waals surface area contributed by atoms with Crippen LogP contribution in [-0.2, 0) is 11.2 Å². The molecule has 17 heavy (non-hydrogen) atoms. The number of ether oxygens (including phenoxy) is 2. The molecule has 0 aliphatic carbocycles. The highest BCUT2D eigenvalue weighted by Gasteiger charge is 2.06. The molecule has 0 spiro atoms. The summed E-state index contributed by atoms with van der Waals surface area (Å²) < 4.78 is 10.6. The van der Waals surface area contributed by atoms with Crippen molar-refractivity contribution in [2.45, 2.75) is 12.8 Å². The summed E-state index contributed by atoms with van der Waals surface area (Å²) in [7, 11) is 1.59. The number of methoxy groups -OCH3 is 1. The highest BCUT2D eigenvalue weighted by Crippen LogP contribution is 2.25. The van der Waals surface area contributed by atoms with Crippen LogP contribution in [0.25, 0.3) is 0 Å². The summed E-state index contributed by atoms with van der Waals surface area (Å²) in [6.45, 7) is 0.804. The number of hydrogen-bond acceptors (Lipinski definition) is 4. The number of amides is 1. The van der Waals surface area contributed by atoms with Gasteiger partial charge in [0.15, 0.2) is 0 Å². The summed E-state index contributed by atoms with van der Waals surface area (Å²) in [5.41, 5.74) is 11.6. The van der Waals surface area contributed by atoms with Gasteiger partial charge in [-0.2, -0.15) is 0 Å². The second kappa shape index (κ2) is 6.75. The SMILES string of the molecule is COc1ccc(CCN)c(OCCC(N)=O)c1. The highest BCUT2D eigenvalue weighted by atomic mass is 16.5. The van der Waals surface area contributed by atoms with Crippen LogP contribution in [0.4, 0.5) is 0 Å². The topological polar surface area (TPSA) is 87.6 Å². The first-order valence-corrected chi connectivity index (χ1v) is 5.45. The molecule has 94 valence electrons. The van der Waals surface area contributed by atoms with E-state index >= 15 is 0 Å². The minimum atomic E-state index is -0.381. The Labute approximate surface area is 101 Å². The molecule has 5 heteroatoms. The van der Waals surface area contributed by atoms with E-state index in [1.54, 1.807) is 13.2 Å². The van der Waals surface area contributed by atoms with Gasteiger partial charge in [-0.05, 0) is 24.6 Å². The Bertz CT molecular complexity index is 380. The molecule has 0 fully saturated rings. The lowest BCUT2D eigenvalue weighted by molar-refractivity contribution is -0.118. The van der Waals surface area contributed by atoms with Gasteiger partial charge in [-0.15, -0.1) is 0 Å². The molecule has 0 bridgehead atoms. The molecule has 4 N–H and O–H groups in total. The smallest absolute Gasteiger partial charge is 0.220 e. The molecule has 1 aromatic rings. The van der Waals surface area contributed by atoms with Crippen molar-refractivity contribution in [2.24, 2.45) is 11.5 Å². The van der Waals surface area contributed by atoms with Crippen molar-refractivity contribution >= 4 is 5.91 Å². The molecular formula is C12H18N2O3. The molecule has 1 aromatic carbocycles. The lowest BCUT2D eigenvalue weighted by Crippen LogP contribution is -2.15.